The molecule has 6 heteroatoms. The second kappa shape index (κ2) is 5.69. The molecule has 0 atom stereocenters. The number of rotatable bonds is 3. The lowest BCUT2D eigenvalue weighted by molar-refractivity contribution is 0.416. The van der Waals surface area contributed by atoms with Crippen LogP contribution in [0.1, 0.15) is 0 Å². The third kappa shape index (κ3) is 2.42. The van der Waals surface area contributed by atoms with Crippen molar-refractivity contribution < 1.29 is 4.74 Å². The van der Waals surface area contributed by atoms with Gasteiger partial charge in [-0.25, -0.2) is 0 Å². The Morgan fingerprint density at radius 2 is 1.64 bits per heavy atom. The Morgan fingerprint density at radius 1 is 0.955 bits per heavy atom. The normalized spacial score (nSPS) is 10.4. The number of fused-ring (bicyclic) bond motifs is 1. The molecular formula is C16H15N5O. The summed E-state index contributed by atoms with van der Waals surface area (Å²) in [5.74, 6) is 1.08. The summed E-state index contributed by atoms with van der Waals surface area (Å²) in [5, 5.41) is 10.2. The zero-order chi connectivity index (χ0) is 15.5. The summed E-state index contributed by atoms with van der Waals surface area (Å²) < 4.78 is 5.41. The first-order valence-corrected chi connectivity index (χ1v) is 6.69. The van der Waals surface area contributed by atoms with Gasteiger partial charge in [0.25, 0.3) is 0 Å². The van der Waals surface area contributed by atoms with Crippen LogP contribution in [0.5, 0.6) is 5.75 Å². The standard InChI is InChI=1S/C16H15N5O/c1-22-13-9-5-4-8-12(13)14-10-6-2-3-7-11(10)15(21-20-14)19-16(17)18/h2-9H,1H3,(H4,17,18,19,21). The van der Waals surface area contributed by atoms with Gasteiger partial charge in [0, 0.05) is 16.3 Å². The number of aromatic nitrogens is 2. The van der Waals surface area contributed by atoms with E-state index in [4.69, 9.17) is 16.2 Å². The number of nitrogens with two attached hydrogens (primary N) is 2. The smallest absolute Gasteiger partial charge is 0.192 e. The Hall–Kier alpha value is -3.15. The lowest BCUT2D eigenvalue weighted by atomic mass is 10.0. The lowest BCUT2D eigenvalue weighted by Crippen LogP contribution is -2.22. The molecule has 22 heavy (non-hydrogen) atoms. The minimum Gasteiger partial charge on any atom is -0.496 e. The molecule has 0 amide bonds. The molecule has 1 heterocycles. The first-order chi connectivity index (χ1) is 10.7. The SMILES string of the molecule is COc1ccccc1-c1nnc(N=C(N)N)c2ccccc12. The van der Waals surface area contributed by atoms with Crippen molar-refractivity contribution in [2.45, 2.75) is 0 Å². The van der Waals surface area contributed by atoms with Gasteiger partial charge in [-0.3, -0.25) is 0 Å². The van der Waals surface area contributed by atoms with Crippen LogP contribution in [-0.2, 0) is 0 Å². The van der Waals surface area contributed by atoms with Gasteiger partial charge in [-0.15, -0.1) is 10.2 Å². The summed E-state index contributed by atoms with van der Waals surface area (Å²) in [6.45, 7) is 0. The number of guanidine groups is 1. The van der Waals surface area contributed by atoms with Gasteiger partial charge in [0.2, 0.25) is 0 Å². The molecule has 110 valence electrons. The summed E-state index contributed by atoms with van der Waals surface area (Å²) in [6.07, 6.45) is 0. The Morgan fingerprint density at radius 3 is 2.36 bits per heavy atom. The summed E-state index contributed by atoms with van der Waals surface area (Å²) >= 11 is 0. The van der Waals surface area contributed by atoms with Crippen molar-refractivity contribution in [3.8, 4) is 17.0 Å². The van der Waals surface area contributed by atoms with Crippen molar-refractivity contribution in [1.82, 2.24) is 10.2 Å². The van der Waals surface area contributed by atoms with Crippen LogP contribution in [0.2, 0.25) is 0 Å². The molecule has 0 bridgehead atoms. The largest absolute Gasteiger partial charge is 0.496 e. The van der Waals surface area contributed by atoms with Crippen molar-refractivity contribution in [3.05, 3.63) is 48.5 Å². The minimum absolute atomic E-state index is 0.0514. The quantitative estimate of drug-likeness (QED) is 0.569. The average molecular weight is 293 g/mol. The monoisotopic (exact) mass is 293 g/mol. The Kier molecular flexibility index (Phi) is 3.57. The fourth-order valence-electron chi connectivity index (χ4n) is 2.33. The summed E-state index contributed by atoms with van der Waals surface area (Å²) in [6, 6.07) is 15.4. The summed E-state index contributed by atoms with van der Waals surface area (Å²) in [5.41, 5.74) is 12.5. The van der Waals surface area contributed by atoms with Crippen LogP contribution in [-0.4, -0.2) is 23.3 Å². The first kappa shape index (κ1) is 13.8. The molecule has 6 nitrogen and oxygen atoms in total. The highest BCUT2D eigenvalue weighted by atomic mass is 16.5. The highest BCUT2D eigenvalue weighted by Crippen LogP contribution is 2.35. The minimum atomic E-state index is -0.0514. The molecule has 4 N–H and O–H groups in total. The van der Waals surface area contributed by atoms with Crippen LogP contribution in [0.3, 0.4) is 0 Å². The Labute approximate surface area is 127 Å². The fourth-order valence-corrected chi connectivity index (χ4v) is 2.33. The molecule has 0 radical (unpaired) electrons. The van der Waals surface area contributed by atoms with E-state index >= 15 is 0 Å². The van der Waals surface area contributed by atoms with E-state index in [2.05, 4.69) is 15.2 Å². The number of aliphatic imine (C=N–C) groups is 1. The molecule has 1 aromatic heterocycles. The van der Waals surface area contributed by atoms with Gasteiger partial charge in [-0.1, -0.05) is 36.4 Å². The number of nitrogens with zero attached hydrogens (tertiary/aromatic N) is 3. The van der Waals surface area contributed by atoms with E-state index in [9.17, 15) is 0 Å². The highest BCUT2D eigenvalue weighted by molar-refractivity contribution is 6.01. The van der Waals surface area contributed by atoms with Gasteiger partial charge in [0.05, 0.1) is 7.11 Å². The number of para-hydroxylation sites is 1. The van der Waals surface area contributed by atoms with Crippen LogP contribution in [0.15, 0.2) is 53.5 Å². The third-order valence-electron chi connectivity index (χ3n) is 3.26. The number of hydrogen-bond donors (Lipinski definition) is 2. The molecule has 0 unspecified atom stereocenters. The van der Waals surface area contributed by atoms with Gasteiger partial charge >= 0.3 is 0 Å². The van der Waals surface area contributed by atoms with E-state index < -0.39 is 0 Å². The van der Waals surface area contributed by atoms with E-state index in [0.29, 0.717) is 5.82 Å². The average Bonchev–Trinajstić information content (AvgIpc) is 2.55. The van der Waals surface area contributed by atoms with Gasteiger partial charge in [-0.05, 0) is 12.1 Å². The maximum Gasteiger partial charge on any atom is 0.192 e. The second-order valence-electron chi connectivity index (χ2n) is 4.65. The molecule has 0 saturated carbocycles. The molecule has 2 aromatic carbocycles. The number of hydrogen-bond acceptors (Lipinski definition) is 4. The molecule has 3 rings (SSSR count). The maximum absolute atomic E-state index is 5.45. The second-order valence-corrected chi connectivity index (χ2v) is 4.65. The van der Waals surface area contributed by atoms with Gasteiger partial charge in [0.15, 0.2) is 11.8 Å². The molecule has 0 saturated heterocycles. The lowest BCUT2D eigenvalue weighted by Gasteiger charge is -2.10. The number of ether oxygens (including phenoxy) is 1. The Bertz CT molecular complexity index is 856. The van der Waals surface area contributed by atoms with Gasteiger partial charge < -0.3 is 16.2 Å². The van der Waals surface area contributed by atoms with Crippen LogP contribution in [0.4, 0.5) is 5.82 Å². The van der Waals surface area contributed by atoms with Crippen molar-refractivity contribution in [3.63, 3.8) is 0 Å². The molecule has 0 aliphatic heterocycles. The van der Waals surface area contributed by atoms with Gasteiger partial charge in [0.1, 0.15) is 11.4 Å². The third-order valence-corrected chi connectivity index (χ3v) is 3.26. The van der Waals surface area contributed by atoms with E-state index in [0.717, 1.165) is 27.8 Å². The van der Waals surface area contributed by atoms with Crippen molar-refractivity contribution in [2.75, 3.05) is 7.11 Å². The highest BCUT2D eigenvalue weighted by Gasteiger charge is 2.13. The van der Waals surface area contributed by atoms with E-state index in [1.165, 1.54) is 0 Å². The predicted molar refractivity (Wildman–Crippen MR) is 87.0 cm³/mol. The van der Waals surface area contributed by atoms with Crippen molar-refractivity contribution >= 4 is 22.5 Å². The van der Waals surface area contributed by atoms with Crippen LogP contribution >= 0.6 is 0 Å². The number of benzene rings is 2. The predicted octanol–water partition coefficient (Wildman–Crippen LogP) is 2.21. The summed E-state index contributed by atoms with van der Waals surface area (Å²) in [4.78, 5) is 4.03. The van der Waals surface area contributed by atoms with E-state index in [1.54, 1.807) is 7.11 Å². The molecule has 0 fully saturated rings. The van der Waals surface area contributed by atoms with Crippen LogP contribution in [0.25, 0.3) is 22.0 Å². The van der Waals surface area contributed by atoms with Crippen molar-refractivity contribution in [2.24, 2.45) is 16.5 Å². The Balaban J connectivity index is 2.31. The zero-order valence-electron chi connectivity index (χ0n) is 12.0. The van der Waals surface area contributed by atoms with E-state index in [1.807, 2.05) is 48.5 Å². The van der Waals surface area contributed by atoms with Crippen LogP contribution in [0, 0.1) is 0 Å². The van der Waals surface area contributed by atoms with Crippen LogP contribution < -0.4 is 16.2 Å². The number of methoxy groups -OCH3 is 1. The zero-order valence-corrected chi connectivity index (χ0v) is 12.0. The fraction of sp³-hybridized carbons (Fsp3) is 0.0625. The summed E-state index contributed by atoms with van der Waals surface area (Å²) in [7, 11) is 1.63. The molecule has 3 aromatic rings. The first-order valence-electron chi connectivity index (χ1n) is 6.69. The molecule has 0 aliphatic rings. The van der Waals surface area contributed by atoms with Crippen molar-refractivity contribution in [1.29, 1.82) is 0 Å². The van der Waals surface area contributed by atoms with Gasteiger partial charge in [-0.2, -0.15) is 4.99 Å². The molecule has 0 spiro atoms. The van der Waals surface area contributed by atoms with E-state index in [-0.39, 0.29) is 5.96 Å². The molecular weight excluding hydrogens is 278 g/mol. The molecule has 0 aliphatic carbocycles. The maximum atomic E-state index is 5.45. The topological polar surface area (TPSA) is 99.4 Å².